The van der Waals surface area contributed by atoms with Crippen LogP contribution in [0.1, 0.15) is 31.7 Å². The molecule has 1 aliphatic rings. The van der Waals surface area contributed by atoms with Crippen molar-refractivity contribution < 1.29 is 36.2 Å². The maximum absolute atomic E-state index is 14.3. The lowest BCUT2D eigenvalue weighted by molar-refractivity contribution is -0.604. The number of amides is 1. The van der Waals surface area contributed by atoms with Crippen LogP contribution in [0.3, 0.4) is 0 Å². The van der Waals surface area contributed by atoms with Gasteiger partial charge in [-0.15, -0.1) is 0 Å². The summed E-state index contributed by atoms with van der Waals surface area (Å²) in [5, 5.41) is 13.9. The summed E-state index contributed by atoms with van der Waals surface area (Å²) in [5.41, 5.74) is -2.18. The maximum Gasteiger partial charge on any atom is 0.394 e. The highest BCUT2D eigenvalue weighted by atomic mass is 19.4. The van der Waals surface area contributed by atoms with Gasteiger partial charge in [0, 0.05) is 23.5 Å². The average Bonchev–Trinajstić information content (AvgIpc) is 2.96. The van der Waals surface area contributed by atoms with Gasteiger partial charge < -0.3 is 15.3 Å². The fraction of sp³-hybridized carbons (Fsp3) is 0.429. The molecule has 31 heavy (non-hydrogen) atoms. The van der Waals surface area contributed by atoms with Crippen LogP contribution in [-0.2, 0) is 4.79 Å². The normalized spacial score (nSPS) is 26.0. The third-order valence-corrected chi connectivity index (χ3v) is 6.29. The number of nitrogens with zero attached hydrogens (tertiary/aromatic N) is 1. The summed E-state index contributed by atoms with van der Waals surface area (Å²) in [5.74, 6) is -7.33. The second-order valence-electron chi connectivity index (χ2n) is 7.97. The van der Waals surface area contributed by atoms with Crippen LogP contribution < -0.4 is 14.8 Å². The third-order valence-electron chi connectivity index (χ3n) is 6.29. The predicted molar refractivity (Wildman–Crippen MR) is 101 cm³/mol. The molecule has 1 saturated carbocycles. The molecule has 1 heterocycles. The number of benzene rings is 1. The Morgan fingerprint density at radius 2 is 1.97 bits per heavy atom. The number of carbonyl (C=O) groups is 1. The number of carbonyl (C=O) groups excluding carboxylic acids is 1. The minimum atomic E-state index is -4.64. The summed E-state index contributed by atoms with van der Waals surface area (Å²) in [6.45, 7) is 2.35. The molecule has 10 heteroatoms. The van der Waals surface area contributed by atoms with E-state index in [2.05, 4.69) is 5.32 Å². The molecule has 0 spiro atoms. The predicted octanol–water partition coefficient (Wildman–Crippen LogP) is 4.55. The number of methoxy groups -OCH3 is 1. The van der Waals surface area contributed by atoms with E-state index in [0.29, 0.717) is 4.73 Å². The van der Waals surface area contributed by atoms with E-state index in [1.165, 1.54) is 25.3 Å². The van der Waals surface area contributed by atoms with Gasteiger partial charge in [0.25, 0.3) is 0 Å². The van der Waals surface area contributed by atoms with E-state index < -0.39 is 59.1 Å². The monoisotopic (exact) mass is 444 g/mol. The Hall–Kier alpha value is -2.91. The molecule has 1 fully saturated rings. The lowest BCUT2D eigenvalue weighted by Crippen LogP contribution is -2.38. The number of rotatable bonds is 4. The van der Waals surface area contributed by atoms with Crippen molar-refractivity contribution in [2.75, 3.05) is 12.4 Å². The van der Waals surface area contributed by atoms with Crippen LogP contribution >= 0.6 is 0 Å². The van der Waals surface area contributed by atoms with Gasteiger partial charge in [0.05, 0.1) is 12.5 Å². The third kappa shape index (κ3) is 3.90. The summed E-state index contributed by atoms with van der Waals surface area (Å²) >= 11 is 0. The second-order valence-corrected chi connectivity index (χ2v) is 7.97. The zero-order valence-electron chi connectivity index (χ0n) is 17.0. The largest absolute Gasteiger partial charge is 0.619 e. The minimum absolute atomic E-state index is 0.0195. The van der Waals surface area contributed by atoms with Gasteiger partial charge in [-0.1, -0.05) is 19.9 Å². The van der Waals surface area contributed by atoms with E-state index in [9.17, 15) is 32.0 Å². The number of nitrogens with one attached hydrogen (secondary N) is 1. The van der Waals surface area contributed by atoms with E-state index in [1.54, 1.807) is 0 Å². The smallest absolute Gasteiger partial charge is 0.394 e. The molecule has 5 nitrogen and oxygen atoms in total. The Bertz CT molecular complexity index is 997. The van der Waals surface area contributed by atoms with Crippen LogP contribution in [0, 0.1) is 34.1 Å². The topological polar surface area (TPSA) is 65.3 Å². The minimum Gasteiger partial charge on any atom is -0.619 e. The number of alkyl halides is 3. The van der Waals surface area contributed by atoms with E-state index >= 15 is 0 Å². The van der Waals surface area contributed by atoms with Crippen molar-refractivity contribution in [1.82, 2.24) is 0 Å². The first-order valence-electron chi connectivity index (χ1n) is 9.49. The number of ether oxygens (including phenoxy) is 1. The molecule has 168 valence electrons. The van der Waals surface area contributed by atoms with Crippen LogP contribution in [0.15, 0.2) is 36.7 Å². The molecule has 4 atom stereocenters. The van der Waals surface area contributed by atoms with Gasteiger partial charge >= 0.3 is 6.18 Å². The van der Waals surface area contributed by atoms with Gasteiger partial charge in [0.15, 0.2) is 17.8 Å². The fourth-order valence-electron chi connectivity index (χ4n) is 4.41. The van der Waals surface area contributed by atoms with Gasteiger partial charge in [0.1, 0.15) is 5.69 Å². The molecule has 3 rings (SSSR count). The van der Waals surface area contributed by atoms with Crippen molar-refractivity contribution in [3.8, 4) is 5.75 Å². The van der Waals surface area contributed by atoms with Crippen LogP contribution in [-0.4, -0.2) is 19.2 Å². The van der Waals surface area contributed by atoms with Crippen LogP contribution in [0.5, 0.6) is 5.75 Å². The molecule has 0 aliphatic heterocycles. The molecule has 1 aromatic heterocycles. The molecule has 1 aliphatic carbocycles. The van der Waals surface area contributed by atoms with E-state index in [1.807, 2.05) is 0 Å². The molecular weight excluding hydrogens is 423 g/mol. The van der Waals surface area contributed by atoms with Gasteiger partial charge in [-0.05, 0) is 24.5 Å². The Kier molecular flexibility index (Phi) is 5.86. The summed E-state index contributed by atoms with van der Waals surface area (Å²) < 4.78 is 75.4. The van der Waals surface area contributed by atoms with Crippen molar-refractivity contribution in [1.29, 1.82) is 0 Å². The first kappa shape index (κ1) is 22.8. The van der Waals surface area contributed by atoms with Crippen LogP contribution in [0.25, 0.3) is 0 Å². The summed E-state index contributed by atoms with van der Waals surface area (Å²) in [6.07, 6.45) is -2.97. The zero-order chi connectivity index (χ0) is 23.1. The maximum atomic E-state index is 14.3. The van der Waals surface area contributed by atoms with Gasteiger partial charge in [-0.2, -0.15) is 22.3 Å². The first-order valence-corrected chi connectivity index (χ1v) is 9.49. The van der Waals surface area contributed by atoms with E-state index in [0.717, 1.165) is 32.4 Å². The second kappa shape index (κ2) is 7.97. The molecule has 1 N–H and O–H groups in total. The Labute approximate surface area is 175 Å². The Morgan fingerprint density at radius 1 is 1.29 bits per heavy atom. The molecule has 0 radical (unpaired) electrons. The number of anilines is 1. The standard InChI is InChI=1S/C21H21F5N2O3/c1-11-16(13-6-7-15(22)17(23)18(13)31-3)14(9-20(11,2)21(24,25)26)19(29)27-12-5-4-8-28(30)10-12/h4-8,10-11,14,16H,9H2,1-3H3,(H,27,29)/t11-,14+,16-,20+/m0/s1. The summed E-state index contributed by atoms with van der Waals surface area (Å²) in [4.78, 5) is 13.0. The molecule has 0 unspecified atom stereocenters. The van der Waals surface area contributed by atoms with Gasteiger partial charge in [-0.25, -0.2) is 4.39 Å². The first-order chi connectivity index (χ1) is 14.4. The number of pyridine rings is 1. The number of hydrogen-bond donors (Lipinski definition) is 1. The highest BCUT2D eigenvalue weighted by Gasteiger charge is 2.64. The Balaban J connectivity index is 2.09. The van der Waals surface area contributed by atoms with Crippen LogP contribution in [0.2, 0.25) is 0 Å². The van der Waals surface area contributed by atoms with E-state index in [-0.39, 0.29) is 11.3 Å². The van der Waals surface area contributed by atoms with E-state index in [4.69, 9.17) is 4.74 Å². The number of aromatic nitrogens is 1. The van der Waals surface area contributed by atoms with Crippen molar-refractivity contribution in [2.45, 2.75) is 32.4 Å². The van der Waals surface area contributed by atoms with Gasteiger partial charge in [-0.3, -0.25) is 4.79 Å². The van der Waals surface area contributed by atoms with Crippen molar-refractivity contribution in [2.24, 2.45) is 17.3 Å². The SMILES string of the molecule is COc1c([C@H]2[C@H](C(=O)Nc3ccc[n+]([O-])c3)C[C@@](C)(C(F)(F)F)[C@H]2C)ccc(F)c1F. The molecule has 0 saturated heterocycles. The quantitative estimate of drug-likeness (QED) is 0.427. The number of halogens is 5. The lowest BCUT2D eigenvalue weighted by atomic mass is 9.75. The molecule has 1 aromatic carbocycles. The highest BCUT2D eigenvalue weighted by molar-refractivity contribution is 5.93. The molecule has 2 aromatic rings. The highest BCUT2D eigenvalue weighted by Crippen LogP contribution is 2.62. The van der Waals surface area contributed by atoms with Crippen molar-refractivity contribution in [3.05, 3.63) is 59.1 Å². The number of hydrogen-bond acceptors (Lipinski definition) is 3. The zero-order valence-corrected chi connectivity index (χ0v) is 17.0. The van der Waals surface area contributed by atoms with Crippen molar-refractivity contribution >= 4 is 11.6 Å². The summed E-state index contributed by atoms with van der Waals surface area (Å²) in [6, 6.07) is 4.74. The lowest BCUT2D eigenvalue weighted by Gasteiger charge is -2.33. The summed E-state index contributed by atoms with van der Waals surface area (Å²) in [7, 11) is 1.08. The fourth-order valence-corrected chi connectivity index (χ4v) is 4.41. The van der Waals surface area contributed by atoms with Gasteiger partial charge in [0.2, 0.25) is 17.9 Å². The average molecular weight is 444 g/mol. The molecule has 1 amide bonds. The molecular formula is C21H21F5N2O3. The molecule has 0 bridgehead atoms. The van der Waals surface area contributed by atoms with Crippen molar-refractivity contribution in [3.63, 3.8) is 0 Å². The Morgan fingerprint density at radius 3 is 2.55 bits per heavy atom. The van der Waals surface area contributed by atoms with Crippen LogP contribution in [0.4, 0.5) is 27.6 Å².